The maximum absolute atomic E-state index is 11.9. The summed E-state index contributed by atoms with van der Waals surface area (Å²) >= 11 is 0. The van der Waals surface area contributed by atoms with Crippen LogP contribution in [0, 0.1) is 6.92 Å². The third kappa shape index (κ3) is 2.97. The number of aromatic nitrogens is 1. The largest absolute Gasteiger partial charge is 0.496 e. The van der Waals surface area contributed by atoms with E-state index in [0.29, 0.717) is 17.0 Å². The molecule has 0 spiro atoms. The maximum atomic E-state index is 11.9. The number of methoxy groups -OCH3 is 1. The molecule has 2 amide bonds. The van der Waals surface area contributed by atoms with Crippen molar-refractivity contribution in [3.63, 3.8) is 0 Å². The predicted octanol–water partition coefficient (Wildman–Crippen LogP) is 1.41. The molecular weight excluding hydrogens is 258 g/mol. The van der Waals surface area contributed by atoms with Crippen molar-refractivity contribution < 1.29 is 14.3 Å². The zero-order chi connectivity index (χ0) is 14.5. The van der Waals surface area contributed by atoms with Crippen LogP contribution in [0.5, 0.6) is 5.75 Å². The quantitative estimate of drug-likeness (QED) is 0.739. The van der Waals surface area contributed by atoms with Crippen molar-refractivity contribution in [3.05, 3.63) is 53.3 Å². The Balaban J connectivity index is 2.00. The molecule has 104 valence electrons. The molecule has 20 heavy (non-hydrogen) atoms. The first-order chi connectivity index (χ1) is 9.61. The first-order valence-electron chi connectivity index (χ1n) is 6.00. The Kier molecular flexibility index (Phi) is 4.05. The van der Waals surface area contributed by atoms with E-state index in [9.17, 15) is 9.59 Å². The Morgan fingerprint density at radius 2 is 1.90 bits per heavy atom. The predicted molar refractivity (Wildman–Crippen MR) is 73.5 cm³/mol. The van der Waals surface area contributed by atoms with Gasteiger partial charge in [-0.15, -0.1) is 0 Å². The van der Waals surface area contributed by atoms with Crippen molar-refractivity contribution in [2.75, 3.05) is 7.11 Å². The van der Waals surface area contributed by atoms with Gasteiger partial charge in [-0.2, -0.15) is 0 Å². The molecule has 0 unspecified atom stereocenters. The zero-order valence-electron chi connectivity index (χ0n) is 11.2. The molecule has 0 radical (unpaired) electrons. The van der Waals surface area contributed by atoms with Gasteiger partial charge in [0.15, 0.2) is 0 Å². The number of hydrogen-bond donors (Lipinski definition) is 3. The summed E-state index contributed by atoms with van der Waals surface area (Å²) in [6.07, 6.45) is 1.63. The van der Waals surface area contributed by atoms with Crippen LogP contribution in [0.25, 0.3) is 0 Å². The molecule has 6 heteroatoms. The van der Waals surface area contributed by atoms with Crippen LogP contribution in [0.4, 0.5) is 0 Å². The van der Waals surface area contributed by atoms with Crippen LogP contribution < -0.4 is 15.6 Å². The van der Waals surface area contributed by atoms with Gasteiger partial charge in [0.1, 0.15) is 11.4 Å². The second kappa shape index (κ2) is 5.92. The number of carbonyl (C=O) groups is 2. The lowest BCUT2D eigenvalue weighted by Gasteiger charge is -2.09. The van der Waals surface area contributed by atoms with Gasteiger partial charge >= 0.3 is 0 Å². The Bertz CT molecular complexity index is 621. The van der Waals surface area contributed by atoms with E-state index in [2.05, 4.69) is 15.8 Å². The molecule has 1 aromatic heterocycles. The first kappa shape index (κ1) is 13.7. The molecule has 0 aliphatic heterocycles. The van der Waals surface area contributed by atoms with Crippen molar-refractivity contribution in [2.24, 2.45) is 0 Å². The first-order valence-corrected chi connectivity index (χ1v) is 6.00. The fourth-order valence-corrected chi connectivity index (χ4v) is 1.69. The summed E-state index contributed by atoms with van der Waals surface area (Å²) in [5, 5.41) is 0. The van der Waals surface area contributed by atoms with Gasteiger partial charge in [0.25, 0.3) is 11.8 Å². The lowest BCUT2D eigenvalue weighted by Crippen LogP contribution is -2.41. The number of ether oxygens (including phenoxy) is 1. The van der Waals surface area contributed by atoms with E-state index in [1.165, 1.54) is 7.11 Å². The molecule has 0 aliphatic rings. The van der Waals surface area contributed by atoms with Crippen LogP contribution >= 0.6 is 0 Å². The van der Waals surface area contributed by atoms with Crippen LogP contribution in [0.2, 0.25) is 0 Å². The van der Waals surface area contributed by atoms with Gasteiger partial charge in [0.05, 0.1) is 7.11 Å². The van der Waals surface area contributed by atoms with Gasteiger partial charge in [0.2, 0.25) is 0 Å². The molecule has 3 N–H and O–H groups in total. The molecule has 0 bridgehead atoms. The smallest absolute Gasteiger partial charge is 0.286 e. The second-order valence-electron chi connectivity index (χ2n) is 4.18. The lowest BCUT2D eigenvalue weighted by atomic mass is 10.1. The molecule has 0 fully saturated rings. The summed E-state index contributed by atoms with van der Waals surface area (Å²) in [6.45, 7) is 1.88. The minimum Gasteiger partial charge on any atom is -0.496 e. The molecule has 6 nitrogen and oxygen atoms in total. The van der Waals surface area contributed by atoms with Gasteiger partial charge in [-0.3, -0.25) is 20.4 Å². The molecule has 0 atom stereocenters. The zero-order valence-corrected chi connectivity index (χ0v) is 11.2. The number of nitrogens with one attached hydrogen (secondary N) is 3. The lowest BCUT2D eigenvalue weighted by molar-refractivity contribution is 0.0844. The number of aryl methyl sites for hydroxylation is 1. The van der Waals surface area contributed by atoms with E-state index in [4.69, 9.17) is 4.74 Å². The molecule has 2 rings (SSSR count). The highest BCUT2D eigenvalue weighted by atomic mass is 16.5. The van der Waals surface area contributed by atoms with Crippen LogP contribution in [0.15, 0.2) is 36.5 Å². The molecule has 0 saturated carbocycles. The highest BCUT2D eigenvalue weighted by molar-refractivity contribution is 5.98. The fourth-order valence-electron chi connectivity index (χ4n) is 1.69. The van der Waals surface area contributed by atoms with Gasteiger partial charge in [-0.05, 0) is 36.8 Å². The maximum Gasteiger partial charge on any atom is 0.286 e. The van der Waals surface area contributed by atoms with Gasteiger partial charge in [0, 0.05) is 11.8 Å². The van der Waals surface area contributed by atoms with Crippen LogP contribution in [0.1, 0.15) is 26.4 Å². The summed E-state index contributed by atoms with van der Waals surface area (Å²) in [7, 11) is 1.54. The number of hydrogen-bond acceptors (Lipinski definition) is 3. The van der Waals surface area contributed by atoms with Crippen molar-refractivity contribution >= 4 is 11.8 Å². The van der Waals surface area contributed by atoms with Crippen LogP contribution in [-0.4, -0.2) is 23.9 Å². The van der Waals surface area contributed by atoms with E-state index >= 15 is 0 Å². The van der Waals surface area contributed by atoms with Crippen molar-refractivity contribution in [1.29, 1.82) is 0 Å². The fraction of sp³-hybridized carbons (Fsp3) is 0.143. The molecule has 0 saturated heterocycles. The van der Waals surface area contributed by atoms with E-state index in [1.54, 1.807) is 36.5 Å². The molecule has 2 aromatic rings. The Morgan fingerprint density at radius 1 is 1.15 bits per heavy atom. The molecular formula is C14H15N3O3. The summed E-state index contributed by atoms with van der Waals surface area (Å²) in [5.74, 6) is -0.209. The average molecular weight is 273 g/mol. The topological polar surface area (TPSA) is 83.2 Å². The Morgan fingerprint density at radius 3 is 2.55 bits per heavy atom. The van der Waals surface area contributed by atoms with Crippen LogP contribution in [-0.2, 0) is 0 Å². The number of hydrazine groups is 1. The molecule has 1 heterocycles. The third-order valence-electron chi connectivity index (χ3n) is 2.80. The Labute approximate surface area is 116 Å². The van der Waals surface area contributed by atoms with E-state index in [1.807, 2.05) is 6.92 Å². The van der Waals surface area contributed by atoms with E-state index in [0.717, 1.165) is 5.56 Å². The third-order valence-corrected chi connectivity index (χ3v) is 2.80. The summed E-state index contributed by atoms with van der Waals surface area (Å²) < 4.78 is 5.15. The van der Waals surface area contributed by atoms with Gasteiger partial charge in [-0.1, -0.05) is 6.07 Å². The number of benzene rings is 1. The Hall–Kier alpha value is -2.76. The van der Waals surface area contributed by atoms with Gasteiger partial charge in [-0.25, -0.2) is 0 Å². The highest BCUT2D eigenvalue weighted by Gasteiger charge is 2.11. The SMILES string of the molecule is COc1cc(C(=O)NNC(=O)c2ccc[nH]2)ccc1C. The van der Waals surface area contributed by atoms with Crippen LogP contribution in [0.3, 0.4) is 0 Å². The number of H-pyrrole nitrogens is 1. The van der Waals surface area contributed by atoms with Gasteiger partial charge < -0.3 is 9.72 Å². The van der Waals surface area contributed by atoms with Crippen molar-refractivity contribution in [1.82, 2.24) is 15.8 Å². The average Bonchev–Trinajstić information content (AvgIpc) is 2.99. The van der Waals surface area contributed by atoms with Crippen molar-refractivity contribution in [3.8, 4) is 5.75 Å². The second-order valence-corrected chi connectivity index (χ2v) is 4.18. The number of rotatable bonds is 3. The standard InChI is InChI=1S/C14H15N3O3/c1-9-5-6-10(8-12(9)20-2)13(18)16-17-14(19)11-4-3-7-15-11/h3-8,15H,1-2H3,(H,16,18)(H,17,19). The number of aromatic amines is 1. The monoisotopic (exact) mass is 273 g/mol. The van der Waals surface area contributed by atoms with E-state index in [-0.39, 0.29) is 0 Å². The summed E-state index contributed by atoms with van der Waals surface area (Å²) in [6, 6.07) is 8.36. The summed E-state index contributed by atoms with van der Waals surface area (Å²) in [4.78, 5) is 26.3. The normalized spacial score (nSPS) is 9.90. The minimum atomic E-state index is -0.414. The minimum absolute atomic E-state index is 0.367. The number of amides is 2. The van der Waals surface area contributed by atoms with Crippen molar-refractivity contribution in [2.45, 2.75) is 6.92 Å². The van der Waals surface area contributed by atoms with E-state index < -0.39 is 11.8 Å². The summed E-state index contributed by atoms with van der Waals surface area (Å²) in [5.41, 5.74) is 6.37. The molecule has 0 aliphatic carbocycles. The molecule has 1 aromatic carbocycles. The highest BCUT2D eigenvalue weighted by Crippen LogP contribution is 2.18. The number of carbonyl (C=O) groups excluding carboxylic acids is 2.